The Hall–Kier alpha value is -1.69. The minimum absolute atomic E-state index is 0.116. The van der Waals surface area contributed by atoms with Crippen molar-refractivity contribution in [2.45, 2.75) is 13.0 Å². The second-order valence-corrected chi connectivity index (χ2v) is 2.86. The first-order valence-corrected chi connectivity index (χ1v) is 4.11. The molecule has 1 atom stereocenters. The van der Waals surface area contributed by atoms with E-state index in [0.717, 1.165) is 0 Å². The van der Waals surface area contributed by atoms with E-state index in [9.17, 15) is 9.59 Å². The van der Waals surface area contributed by atoms with Gasteiger partial charge in [0.25, 0.3) is 11.5 Å². The summed E-state index contributed by atoms with van der Waals surface area (Å²) in [5.74, 6) is -0.428. The molecule has 0 radical (unpaired) electrons. The number of aromatic nitrogens is 2. The van der Waals surface area contributed by atoms with E-state index in [2.05, 4.69) is 15.5 Å². The number of amides is 1. The predicted octanol–water partition coefficient (Wildman–Crippen LogP) is -1.12. The molecule has 0 saturated heterocycles. The molecule has 6 heteroatoms. The van der Waals surface area contributed by atoms with Crippen LogP contribution in [0.1, 0.15) is 17.4 Å². The number of rotatable bonds is 3. The highest BCUT2D eigenvalue weighted by Crippen LogP contribution is 1.90. The van der Waals surface area contributed by atoms with Crippen LogP contribution in [0, 0.1) is 0 Å². The number of carbonyl (C=O) groups is 1. The van der Waals surface area contributed by atoms with Crippen LogP contribution in [0.2, 0.25) is 0 Å². The van der Waals surface area contributed by atoms with Crippen LogP contribution >= 0.6 is 0 Å². The second-order valence-electron chi connectivity index (χ2n) is 2.86. The number of aromatic amines is 1. The van der Waals surface area contributed by atoms with Gasteiger partial charge in [-0.25, -0.2) is 5.10 Å². The molecule has 76 valence electrons. The molecule has 0 fully saturated rings. The maximum atomic E-state index is 11.3. The van der Waals surface area contributed by atoms with Crippen molar-refractivity contribution in [2.24, 2.45) is 0 Å². The van der Waals surface area contributed by atoms with Gasteiger partial charge in [-0.2, -0.15) is 5.10 Å². The number of nitrogens with zero attached hydrogens (tertiary/aromatic N) is 1. The number of aliphatic hydroxyl groups is 1. The summed E-state index contributed by atoms with van der Waals surface area (Å²) in [5.41, 5.74) is -0.248. The molecule has 1 aromatic rings. The third-order valence-corrected chi connectivity index (χ3v) is 1.56. The van der Waals surface area contributed by atoms with Crippen LogP contribution in [0.3, 0.4) is 0 Å². The first kappa shape index (κ1) is 10.4. The van der Waals surface area contributed by atoms with Gasteiger partial charge in [0, 0.05) is 12.1 Å². The predicted molar refractivity (Wildman–Crippen MR) is 48.9 cm³/mol. The fourth-order valence-corrected chi connectivity index (χ4v) is 0.814. The summed E-state index contributed by atoms with van der Waals surface area (Å²) in [6.45, 7) is 1.51. The minimum Gasteiger partial charge on any atom is -0.394 e. The summed E-state index contributed by atoms with van der Waals surface area (Å²) in [7, 11) is 0. The molecule has 1 amide bonds. The molecule has 0 aliphatic carbocycles. The molecule has 0 saturated carbocycles. The monoisotopic (exact) mass is 197 g/mol. The molecule has 0 bridgehead atoms. The van der Waals surface area contributed by atoms with Gasteiger partial charge in [-0.3, -0.25) is 9.59 Å². The van der Waals surface area contributed by atoms with Crippen molar-refractivity contribution < 1.29 is 9.90 Å². The Morgan fingerprint density at radius 3 is 2.93 bits per heavy atom. The van der Waals surface area contributed by atoms with Gasteiger partial charge < -0.3 is 10.4 Å². The molecule has 1 aromatic heterocycles. The van der Waals surface area contributed by atoms with Crippen molar-refractivity contribution in [3.63, 3.8) is 0 Å². The second kappa shape index (κ2) is 4.52. The lowest BCUT2D eigenvalue weighted by atomic mass is 10.3. The molecule has 0 unspecified atom stereocenters. The molecular weight excluding hydrogens is 186 g/mol. The third kappa shape index (κ3) is 2.67. The molecule has 14 heavy (non-hydrogen) atoms. The topological polar surface area (TPSA) is 95.1 Å². The molecule has 6 nitrogen and oxygen atoms in total. The Labute approximate surface area is 80.0 Å². The van der Waals surface area contributed by atoms with E-state index in [-0.39, 0.29) is 23.9 Å². The average Bonchev–Trinajstić information content (AvgIpc) is 2.18. The average molecular weight is 197 g/mol. The van der Waals surface area contributed by atoms with Crippen LogP contribution in [0.25, 0.3) is 0 Å². The summed E-state index contributed by atoms with van der Waals surface area (Å²) in [6, 6.07) is 2.19. The van der Waals surface area contributed by atoms with Crippen LogP contribution in [0.15, 0.2) is 16.9 Å². The zero-order chi connectivity index (χ0) is 10.6. The first-order chi connectivity index (χ1) is 6.63. The van der Waals surface area contributed by atoms with Crippen molar-refractivity contribution in [1.29, 1.82) is 0 Å². The normalized spacial score (nSPS) is 12.1. The lowest BCUT2D eigenvalue weighted by Crippen LogP contribution is -2.35. The number of aliphatic hydroxyl groups excluding tert-OH is 1. The van der Waals surface area contributed by atoms with Gasteiger partial charge in [0.05, 0.1) is 6.61 Å². The summed E-state index contributed by atoms with van der Waals surface area (Å²) in [4.78, 5) is 22.0. The third-order valence-electron chi connectivity index (χ3n) is 1.56. The van der Waals surface area contributed by atoms with Crippen molar-refractivity contribution in [2.75, 3.05) is 6.61 Å². The van der Waals surface area contributed by atoms with Gasteiger partial charge in [-0.05, 0) is 13.0 Å². The van der Waals surface area contributed by atoms with Crippen LogP contribution < -0.4 is 10.9 Å². The number of nitrogens with one attached hydrogen (secondary N) is 2. The van der Waals surface area contributed by atoms with E-state index in [1.54, 1.807) is 6.92 Å². The van der Waals surface area contributed by atoms with E-state index >= 15 is 0 Å². The number of hydrogen-bond acceptors (Lipinski definition) is 4. The summed E-state index contributed by atoms with van der Waals surface area (Å²) < 4.78 is 0. The molecule has 0 aromatic carbocycles. The summed E-state index contributed by atoms with van der Waals surface area (Å²) in [6.07, 6.45) is 0. The fourth-order valence-electron chi connectivity index (χ4n) is 0.814. The van der Waals surface area contributed by atoms with Crippen molar-refractivity contribution in [3.8, 4) is 0 Å². The maximum absolute atomic E-state index is 11.3. The molecule has 1 rings (SSSR count). The van der Waals surface area contributed by atoms with Gasteiger partial charge in [0.1, 0.15) is 5.69 Å². The van der Waals surface area contributed by atoms with Gasteiger partial charge in [0.15, 0.2) is 0 Å². The molecular formula is C8H11N3O3. The quantitative estimate of drug-likeness (QED) is 0.572. The van der Waals surface area contributed by atoms with E-state index < -0.39 is 5.91 Å². The van der Waals surface area contributed by atoms with E-state index in [1.165, 1.54) is 12.1 Å². The van der Waals surface area contributed by atoms with Gasteiger partial charge >= 0.3 is 0 Å². The molecule has 0 aliphatic rings. The highest BCUT2D eigenvalue weighted by atomic mass is 16.3. The van der Waals surface area contributed by atoms with Crippen LogP contribution in [0.4, 0.5) is 0 Å². The van der Waals surface area contributed by atoms with Crippen LogP contribution in [0.5, 0.6) is 0 Å². The lowest BCUT2D eigenvalue weighted by molar-refractivity contribution is 0.0916. The Morgan fingerprint density at radius 2 is 2.43 bits per heavy atom. The van der Waals surface area contributed by atoms with Gasteiger partial charge in [-0.1, -0.05) is 0 Å². The van der Waals surface area contributed by atoms with Crippen LogP contribution in [-0.4, -0.2) is 33.9 Å². The Kier molecular flexibility index (Phi) is 3.35. The summed E-state index contributed by atoms with van der Waals surface area (Å²) >= 11 is 0. The Morgan fingerprint density at radius 1 is 1.71 bits per heavy atom. The smallest absolute Gasteiger partial charge is 0.272 e. The molecule has 0 spiro atoms. The minimum atomic E-state index is -0.428. The Bertz CT molecular complexity index is 354. The largest absolute Gasteiger partial charge is 0.394 e. The molecule has 1 heterocycles. The van der Waals surface area contributed by atoms with E-state index in [0.29, 0.717) is 0 Å². The molecule has 3 N–H and O–H groups in total. The lowest BCUT2D eigenvalue weighted by Gasteiger charge is -2.09. The van der Waals surface area contributed by atoms with Crippen molar-refractivity contribution in [3.05, 3.63) is 28.2 Å². The zero-order valence-electron chi connectivity index (χ0n) is 7.65. The maximum Gasteiger partial charge on any atom is 0.272 e. The van der Waals surface area contributed by atoms with Crippen molar-refractivity contribution in [1.82, 2.24) is 15.5 Å². The first-order valence-electron chi connectivity index (χ1n) is 4.11. The zero-order valence-corrected chi connectivity index (χ0v) is 7.65. The Balaban J connectivity index is 2.70. The van der Waals surface area contributed by atoms with E-state index in [1.807, 2.05) is 0 Å². The molecule has 0 aliphatic heterocycles. The van der Waals surface area contributed by atoms with Crippen LogP contribution in [-0.2, 0) is 0 Å². The fraction of sp³-hybridized carbons (Fsp3) is 0.375. The number of H-pyrrole nitrogens is 1. The highest BCUT2D eigenvalue weighted by Gasteiger charge is 2.09. The van der Waals surface area contributed by atoms with Gasteiger partial charge in [-0.15, -0.1) is 0 Å². The summed E-state index contributed by atoms with van der Waals surface area (Å²) in [5, 5.41) is 16.9. The SMILES string of the molecule is C[C@@H](CO)NC(=O)c1ccc(=O)[nH]n1. The van der Waals surface area contributed by atoms with Crippen molar-refractivity contribution >= 4 is 5.91 Å². The van der Waals surface area contributed by atoms with Gasteiger partial charge in [0.2, 0.25) is 0 Å². The van der Waals surface area contributed by atoms with E-state index in [4.69, 9.17) is 5.11 Å². The number of hydrogen-bond donors (Lipinski definition) is 3. The highest BCUT2D eigenvalue weighted by molar-refractivity contribution is 5.92. The standard InChI is InChI=1S/C8H11N3O3/c1-5(4-12)9-8(14)6-2-3-7(13)11-10-6/h2-3,5,12H,4H2,1H3,(H,9,14)(H,11,13)/t5-/m0/s1. The number of carbonyl (C=O) groups excluding carboxylic acids is 1.